The second-order valence-electron chi connectivity index (χ2n) is 2.92. The van der Waals surface area contributed by atoms with E-state index in [0.29, 0.717) is 5.25 Å². The van der Waals surface area contributed by atoms with Gasteiger partial charge in [-0.2, -0.15) is 5.26 Å². The van der Waals surface area contributed by atoms with Gasteiger partial charge in [0, 0.05) is 14.6 Å². The van der Waals surface area contributed by atoms with Crippen LogP contribution in [0.5, 0.6) is 0 Å². The van der Waals surface area contributed by atoms with Crippen LogP contribution in [0.4, 0.5) is 0 Å². The lowest BCUT2D eigenvalue weighted by Gasteiger charge is -2.06. The van der Waals surface area contributed by atoms with Crippen molar-refractivity contribution < 1.29 is 0 Å². The van der Waals surface area contributed by atoms with Crippen LogP contribution in [0.2, 0.25) is 0 Å². The molecule has 1 rings (SSSR count). The smallest absolute Gasteiger partial charge is 0.100 e. The first-order valence-corrected chi connectivity index (χ1v) is 5.67. The van der Waals surface area contributed by atoms with Gasteiger partial charge in [0.05, 0.1) is 5.56 Å². The molecule has 0 radical (unpaired) electrons. The van der Waals surface area contributed by atoms with Gasteiger partial charge in [0.15, 0.2) is 0 Å². The van der Waals surface area contributed by atoms with E-state index in [1.165, 1.54) is 0 Å². The first kappa shape index (κ1) is 10.6. The molecule has 0 saturated heterocycles. The maximum atomic E-state index is 8.87. The van der Waals surface area contributed by atoms with Gasteiger partial charge in [0.25, 0.3) is 0 Å². The van der Waals surface area contributed by atoms with Gasteiger partial charge in [-0.25, -0.2) is 0 Å². The van der Waals surface area contributed by atoms with Crippen LogP contribution in [0.1, 0.15) is 19.4 Å². The Hall–Kier alpha value is -0.460. The number of halogens is 1. The van der Waals surface area contributed by atoms with Crippen LogP contribution in [0, 0.1) is 11.3 Å². The summed E-state index contributed by atoms with van der Waals surface area (Å²) in [6.45, 7) is 4.24. The first-order chi connectivity index (χ1) is 6.13. The van der Waals surface area contributed by atoms with Gasteiger partial charge in [-0.3, -0.25) is 0 Å². The van der Waals surface area contributed by atoms with Gasteiger partial charge in [0.2, 0.25) is 0 Å². The molecule has 0 aliphatic rings. The normalized spacial score (nSPS) is 10.1. The number of nitrogens with zero attached hydrogens (tertiary/aromatic N) is 1. The molecule has 3 heteroatoms. The van der Waals surface area contributed by atoms with E-state index >= 15 is 0 Å². The molecule has 1 aromatic rings. The lowest BCUT2D eigenvalue weighted by atomic mass is 10.2. The van der Waals surface area contributed by atoms with Crippen molar-refractivity contribution in [3.05, 3.63) is 28.2 Å². The third-order valence-corrected chi connectivity index (χ3v) is 3.00. The third-order valence-electron chi connectivity index (χ3n) is 1.42. The summed E-state index contributed by atoms with van der Waals surface area (Å²) >= 11 is 5.06. The number of hydrogen-bond acceptors (Lipinski definition) is 2. The van der Waals surface area contributed by atoms with E-state index in [4.69, 9.17) is 5.26 Å². The van der Waals surface area contributed by atoms with Gasteiger partial charge in [0.1, 0.15) is 6.07 Å². The van der Waals surface area contributed by atoms with E-state index in [-0.39, 0.29) is 0 Å². The molecule has 0 heterocycles. The van der Waals surface area contributed by atoms with Gasteiger partial charge in [-0.15, -0.1) is 11.8 Å². The van der Waals surface area contributed by atoms with E-state index in [1.807, 2.05) is 18.2 Å². The Morgan fingerprint density at radius 1 is 1.46 bits per heavy atom. The summed E-state index contributed by atoms with van der Waals surface area (Å²) in [5.41, 5.74) is 0.744. The van der Waals surface area contributed by atoms with E-state index in [1.54, 1.807) is 11.8 Å². The zero-order valence-electron chi connectivity index (χ0n) is 7.54. The van der Waals surface area contributed by atoms with E-state index in [0.717, 1.165) is 14.9 Å². The molecule has 0 spiro atoms. The van der Waals surface area contributed by atoms with E-state index < -0.39 is 0 Å². The SMILES string of the molecule is CC(C)Sc1ccc(Br)cc1C#N. The molecule has 0 N–H and O–H groups in total. The minimum atomic E-state index is 0.508. The van der Waals surface area contributed by atoms with Gasteiger partial charge < -0.3 is 0 Å². The van der Waals surface area contributed by atoms with Crippen molar-refractivity contribution in [1.82, 2.24) is 0 Å². The molecule has 0 fully saturated rings. The van der Waals surface area contributed by atoms with Crippen LogP contribution in [0.3, 0.4) is 0 Å². The average Bonchev–Trinajstić information content (AvgIpc) is 2.07. The second-order valence-corrected chi connectivity index (χ2v) is 5.45. The number of rotatable bonds is 2. The Morgan fingerprint density at radius 3 is 2.69 bits per heavy atom. The van der Waals surface area contributed by atoms with Crippen molar-refractivity contribution in [3.63, 3.8) is 0 Å². The Kier molecular flexibility index (Phi) is 3.83. The maximum Gasteiger partial charge on any atom is 0.100 e. The molecule has 68 valence electrons. The van der Waals surface area contributed by atoms with Crippen molar-refractivity contribution in [2.24, 2.45) is 0 Å². The number of hydrogen-bond donors (Lipinski definition) is 0. The number of thioether (sulfide) groups is 1. The lowest BCUT2D eigenvalue weighted by Crippen LogP contribution is -1.88. The minimum Gasteiger partial charge on any atom is -0.192 e. The molecule has 1 aromatic carbocycles. The standard InChI is InChI=1S/C10H10BrNS/c1-7(2)13-10-4-3-9(11)5-8(10)6-12/h3-5,7H,1-2H3. The molecule has 13 heavy (non-hydrogen) atoms. The van der Waals surface area contributed by atoms with Crippen molar-refractivity contribution in [2.45, 2.75) is 24.0 Å². The van der Waals surface area contributed by atoms with Crippen LogP contribution < -0.4 is 0 Å². The highest BCUT2D eigenvalue weighted by atomic mass is 79.9. The molecular formula is C10H10BrNS. The summed E-state index contributed by atoms with van der Waals surface area (Å²) < 4.78 is 0.956. The van der Waals surface area contributed by atoms with Crippen molar-refractivity contribution in [3.8, 4) is 6.07 Å². The quantitative estimate of drug-likeness (QED) is 0.751. The summed E-state index contributed by atoms with van der Waals surface area (Å²) in [5, 5.41) is 9.38. The molecule has 0 bridgehead atoms. The Labute approximate surface area is 91.3 Å². The fourth-order valence-corrected chi connectivity index (χ4v) is 2.19. The fraction of sp³-hybridized carbons (Fsp3) is 0.300. The minimum absolute atomic E-state index is 0.508. The predicted octanol–water partition coefficient (Wildman–Crippen LogP) is 3.82. The summed E-state index contributed by atoms with van der Waals surface area (Å²) in [5.74, 6) is 0. The molecule has 0 aliphatic carbocycles. The molecule has 0 aliphatic heterocycles. The van der Waals surface area contributed by atoms with Crippen LogP contribution in [-0.4, -0.2) is 5.25 Å². The highest BCUT2D eigenvalue weighted by Gasteiger charge is 2.04. The molecule has 0 saturated carbocycles. The van der Waals surface area contributed by atoms with Crippen LogP contribution in [0.25, 0.3) is 0 Å². The number of nitriles is 1. The van der Waals surface area contributed by atoms with Crippen LogP contribution in [-0.2, 0) is 0 Å². The highest BCUT2D eigenvalue weighted by Crippen LogP contribution is 2.28. The van der Waals surface area contributed by atoms with Crippen LogP contribution >= 0.6 is 27.7 Å². The molecule has 0 amide bonds. The maximum absolute atomic E-state index is 8.87. The van der Waals surface area contributed by atoms with Crippen molar-refractivity contribution in [1.29, 1.82) is 5.26 Å². The molecule has 0 unspecified atom stereocenters. The summed E-state index contributed by atoms with van der Waals surface area (Å²) in [6.07, 6.45) is 0. The van der Waals surface area contributed by atoms with E-state index in [9.17, 15) is 0 Å². The molecule has 1 nitrogen and oxygen atoms in total. The topological polar surface area (TPSA) is 23.8 Å². The van der Waals surface area contributed by atoms with Crippen molar-refractivity contribution >= 4 is 27.7 Å². The van der Waals surface area contributed by atoms with Crippen LogP contribution in [0.15, 0.2) is 27.6 Å². The summed E-state index contributed by atoms with van der Waals surface area (Å²) in [4.78, 5) is 1.06. The van der Waals surface area contributed by atoms with Gasteiger partial charge in [-0.1, -0.05) is 29.8 Å². The molecular weight excluding hydrogens is 246 g/mol. The first-order valence-electron chi connectivity index (χ1n) is 4.00. The van der Waals surface area contributed by atoms with Crippen molar-refractivity contribution in [2.75, 3.05) is 0 Å². The molecule has 0 atom stereocenters. The number of benzene rings is 1. The Morgan fingerprint density at radius 2 is 2.15 bits per heavy atom. The largest absolute Gasteiger partial charge is 0.192 e. The zero-order chi connectivity index (χ0) is 9.84. The monoisotopic (exact) mass is 255 g/mol. The summed E-state index contributed by atoms with van der Waals surface area (Å²) in [7, 11) is 0. The fourth-order valence-electron chi connectivity index (χ4n) is 0.946. The summed E-state index contributed by atoms with van der Waals surface area (Å²) in [6, 6.07) is 7.99. The molecule has 0 aromatic heterocycles. The third kappa shape index (κ3) is 3.06. The predicted molar refractivity (Wildman–Crippen MR) is 59.9 cm³/mol. The lowest BCUT2D eigenvalue weighted by molar-refractivity contribution is 1.11. The average molecular weight is 256 g/mol. The Balaban J connectivity index is 3.01. The highest BCUT2D eigenvalue weighted by molar-refractivity contribution is 9.10. The van der Waals surface area contributed by atoms with E-state index in [2.05, 4.69) is 35.8 Å². The Bertz CT molecular complexity index is 341. The van der Waals surface area contributed by atoms with Gasteiger partial charge >= 0.3 is 0 Å². The second kappa shape index (κ2) is 4.69. The van der Waals surface area contributed by atoms with Gasteiger partial charge in [-0.05, 0) is 18.2 Å². The zero-order valence-corrected chi connectivity index (χ0v) is 9.95.